The number of oxazole rings is 1. The minimum Gasteiger partial charge on any atom is -0.476 e. The summed E-state index contributed by atoms with van der Waals surface area (Å²) in [5, 5.41) is 9.46. The second kappa shape index (κ2) is 5.78. The van der Waals surface area contributed by atoms with E-state index in [2.05, 4.69) is 15.0 Å². The molecule has 1 aromatic carbocycles. The van der Waals surface area contributed by atoms with Crippen LogP contribution in [0.1, 0.15) is 22.2 Å². The van der Waals surface area contributed by atoms with Crippen LogP contribution in [0.5, 0.6) is 0 Å². The second-order valence-corrected chi connectivity index (χ2v) is 5.39. The molecule has 22 heavy (non-hydrogen) atoms. The van der Waals surface area contributed by atoms with Crippen molar-refractivity contribution in [2.45, 2.75) is 13.1 Å². The SMILES string of the molecule is CN(Cc1nc2ccc(Cl)cc2[nH]1)Cc1nc(C(=O)O)co1. The maximum Gasteiger partial charge on any atom is 0.357 e. The van der Waals surface area contributed by atoms with Gasteiger partial charge in [0.15, 0.2) is 5.69 Å². The molecule has 8 heteroatoms. The normalized spacial score (nSPS) is 11.4. The van der Waals surface area contributed by atoms with Crippen molar-refractivity contribution in [1.29, 1.82) is 0 Å². The van der Waals surface area contributed by atoms with Crippen molar-refractivity contribution in [2.75, 3.05) is 7.05 Å². The van der Waals surface area contributed by atoms with E-state index in [9.17, 15) is 4.79 Å². The monoisotopic (exact) mass is 320 g/mol. The number of rotatable bonds is 5. The number of fused-ring (bicyclic) bond motifs is 1. The Balaban J connectivity index is 1.69. The number of nitrogens with zero attached hydrogens (tertiary/aromatic N) is 3. The summed E-state index contributed by atoms with van der Waals surface area (Å²) in [4.78, 5) is 24.2. The van der Waals surface area contributed by atoms with Crippen LogP contribution >= 0.6 is 11.6 Å². The van der Waals surface area contributed by atoms with Gasteiger partial charge in [0.2, 0.25) is 5.89 Å². The average molecular weight is 321 g/mol. The standard InChI is InChI=1S/C14H13ClN4O3/c1-19(6-13-18-11(7-22-13)14(20)21)5-12-16-9-3-2-8(15)4-10(9)17-12/h2-4,7H,5-6H2,1H3,(H,16,17)(H,20,21). The van der Waals surface area contributed by atoms with Gasteiger partial charge in [0.25, 0.3) is 0 Å². The van der Waals surface area contributed by atoms with Gasteiger partial charge in [-0.1, -0.05) is 11.6 Å². The van der Waals surface area contributed by atoms with E-state index < -0.39 is 5.97 Å². The van der Waals surface area contributed by atoms with Gasteiger partial charge in [0.1, 0.15) is 12.1 Å². The number of aromatic nitrogens is 3. The number of halogens is 1. The summed E-state index contributed by atoms with van der Waals surface area (Å²) in [6.07, 6.45) is 1.13. The molecular weight excluding hydrogens is 308 g/mol. The Kier molecular flexibility index (Phi) is 3.82. The molecule has 0 radical (unpaired) electrons. The minimum absolute atomic E-state index is 0.0956. The Hall–Kier alpha value is -2.38. The molecule has 0 aliphatic rings. The third kappa shape index (κ3) is 3.10. The molecule has 3 rings (SSSR count). The number of aromatic carboxylic acids is 1. The molecule has 114 valence electrons. The van der Waals surface area contributed by atoms with Crippen LogP contribution in [-0.2, 0) is 13.1 Å². The van der Waals surface area contributed by atoms with Crippen LogP contribution in [0.3, 0.4) is 0 Å². The lowest BCUT2D eigenvalue weighted by Gasteiger charge is -2.12. The van der Waals surface area contributed by atoms with Crippen LogP contribution in [-0.4, -0.2) is 38.0 Å². The lowest BCUT2D eigenvalue weighted by Crippen LogP contribution is -2.18. The van der Waals surface area contributed by atoms with Crippen molar-refractivity contribution in [3.05, 3.63) is 46.9 Å². The van der Waals surface area contributed by atoms with Gasteiger partial charge in [-0.05, 0) is 25.2 Å². The van der Waals surface area contributed by atoms with Crippen LogP contribution in [0, 0.1) is 0 Å². The first kappa shape index (κ1) is 14.6. The number of hydrogen-bond donors (Lipinski definition) is 2. The van der Waals surface area contributed by atoms with Crippen molar-refractivity contribution < 1.29 is 14.3 Å². The maximum absolute atomic E-state index is 10.8. The summed E-state index contributed by atoms with van der Waals surface area (Å²) < 4.78 is 5.13. The highest BCUT2D eigenvalue weighted by Crippen LogP contribution is 2.18. The summed E-state index contributed by atoms with van der Waals surface area (Å²) in [5.74, 6) is 0.0238. The average Bonchev–Trinajstić information content (AvgIpc) is 3.04. The Labute approximate surface area is 130 Å². The number of H-pyrrole nitrogens is 1. The fraction of sp³-hybridized carbons (Fsp3) is 0.214. The molecule has 0 spiro atoms. The molecule has 2 N–H and O–H groups in total. The number of carboxylic acids is 1. The van der Waals surface area contributed by atoms with E-state index >= 15 is 0 Å². The summed E-state index contributed by atoms with van der Waals surface area (Å²) >= 11 is 5.94. The zero-order valence-electron chi connectivity index (χ0n) is 11.7. The molecule has 7 nitrogen and oxygen atoms in total. The number of imidazole rings is 1. The molecule has 0 unspecified atom stereocenters. The van der Waals surface area contributed by atoms with Crippen molar-refractivity contribution in [3.8, 4) is 0 Å². The molecule has 0 saturated carbocycles. The largest absolute Gasteiger partial charge is 0.476 e. The summed E-state index contributed by atoms with van der Waals surface area (Å²) in [6, 6.07) is 5.46. The van der Waals surface area contributed by atoms with Crippen LogP contribution in [0.25, 0.3) is 11.0 Å². The van der Waals surface area contributed by atoms with Crippen LogP contribution in [0.4, 0.5) is 0 Å². The number of benzene rings is 1. The molecule has 0 aliphatic heterocycles. The number of aromatic amines is 1. The number of nitrogens with one attached hydrogen (secondary N) is 1. The molecule has 2 aromatic heterocycles. The van der Waals surface area contributed by atoms with Gasteiger partial charge in [-0.25, -0.2) is 14.8 Å². The zero-order chi connectivity index (χ0) is 15.7. The van der Waals surface area contributed by atoms with Crippen molar-refractivity contribution in [3.63, 3.8) is 0 Å². The topological polar surface area (TPSA) is 95.2 Å². The van der Waals surface area contributed by atoms with Crippen LogP contribution in [0.15, 0.2) is 28.9 Å². The number of hydrogen-bond acceptors (Lipinski definition) is 5. The summed E-state index contributed by atoms with van der Waals surface area (Å²) in [6.45, 7) is 0.919. The smallest absolute Gasteiger partial charge is 0.357 e. The van der Waals surface area contributed by atoms with E-state index in [-0.39, 0.29) is 5.69 Å². The summed E-state index contributed by atoms with van der Waals surface area (Å²) in [7, 11) is 1.87. The van der Waals surface area contributed by atoms with Gasteiger partial charge < -0.3 is 14.5 Å². The third-order valence-corrected chi connectivity index (χ3v) is 3.32. The molecule has 0 atom stereocenters. The minimum atomic E-state index is -1.10. The lowest BCUT2D eigenvalue weighted by atomic mass is 10.3. The lowest BCUT2D eigenvalue weighted by molar-refractivity contribution is 0.0690. The number of carbonyl (C=O) groups is 1. The van der Waals surface area contributed by atoms with Gasteiger partial charge in [-0.15, -0.1) is 0 Å². The first-order valence-electron chi connectivity index (χ1n) is 6.51. The van der Waals surface area contributed by atoms with Crippen LogP contribution in [0.2, 0.25) is 5.02 Å². The van der Waals surface area contributed by atoms with E-state index in [0.29, 0.717) is 24.0 Å². The molecule has 0 fully saturated rings. The van der Waals surface area contributed by atoms with Gasteiger partial charge >= 0.3 is 5.97 Å². The second-order valence-electron chi connectivity index (χ2n) is 4.95. The van der Waals surface area contributed by atoms with Gasteiger partial charge in [-0.2, -0.15) is 0 Å². The fourth-order valence-electron chi connectivity index (χ4n) is 2.13. The highest BCUT2D eigenvalue weighted by atomic mass is 35.5. The van der Waals surface area contributed by atoms with Gasteiger partial charge in [0, 0.05) is 5.02 Å². The Morgan fingerprint density at radius 2 is 2.23 bits per heavy atom. The van der Waals surface area contributed by atoms with E-state index in [1.54, 1.807) is 6.07 Å². The Bertz CT molecular complexity index is 826. The molecule has 0 bridgehead atoms. The molecule has 0 amide bonds. The summed E-state index contributed by atoms with van der Waals surface area (Å²) in [5.41, 5.74) is 1.62. The highest BCUT2D eigenvalue weighted by molar-refractivity contribution is 6.31. The van der Waals surface area contributed by atoms with Crippen LogP contribution < -0.4 is 0 Å². The first-order chi connectivity index (χ1) is 10.5. The van der Waals surface area contributed by atoms with E-state index in [1.807, 2.05) is 24.1 Å². The van der Waals surface area contributed by atoms with E-state index in [1.165, 1.54) is 0 Å². The molecule has 3 aromatic rings. The van der Waals surface area contributed by atoms with Crippen molar-refractivity contribution >= 4 is 28.6 Å². The zero-order valence-corrected chi connectivity index (χ0v) is 12.5. The number of carboxylic acid groups (broad SMARTS) is 1. The Morgan fingerprint density at radius 1 is 1.41 bits per heavy atom. The van der Waals surface area contributed by atoms with E-state index in [0.717, 1.165) is 23.1 Å². The van der Waals surface area contributed by atoms with Gasteiger partial charge in [0.05, 0.1) is 24.1 Å². The van der Waals surface area contributed by atoms with Crippen molar-refractivity contribution in [2.24, 2.45) is 0 Å². The molecule has 2 heterocycles. The van der Waals surface area contributed by atoms with Gasteiger partial charge in [-0.3, -0.25) is 4.90 Å². The Morgan fingerprint density at radius 3 is 2.95 bits per heavy atom. The predicted octanol–water partition coefficient (Wildman–Crippen LogP) is 2.53. The molecular formula is C14H13ClN4O3. The fourth-order valence-corrected chi connectivity index (χ4v) is 2.31. The van der Waals surface area contributed by atoms with E-state index in [4.69, 9.17) is 21.1 Å². The van der Waals surface area contributed by atoms with Crippen molar-refractivity contribution in [1.82, 2.24) is 19.9 Å². The predicted molar refractivity (Wildman–Crippen MR) is 79.7 cm³/mol. The quantitative estimate of drug-likeness (QED) is 0.750. The molecule has 0 saturated heterocycles. The highest BCUT2D eigenvalue weighted by Gasteiger charge is 2.13. The molecule has 0 aliphatic carbocycles. The third-order valence-electron chi connectivity index (χ3n) is 3.09. The first-order valence-corrected chi connectivity index (χ1v) is 6.89. The maximum atomic E-state index is 10.8.